The van der Waals surface area contributed by atoms with Crippen molar-refractivity contribution in [3.63, 3.8) is 0 Å². The zero-order chi connectivity index (χ0) is 12.0. The van der Waals surface area contributed by atoms with Crippen molar-refractivity contribution in [2.24, 2.45) is 5.92 Å². The van der Waals surface area contributed by atoms with Crippen LogP contribution in [0.4, 0.5) is 9.59 Å². The fraction of sp³-hybridized carbons (Fsp3) is 0.800. The Bertz CT molecular complexity index is 252. The van der Waals surface area contributed by atoms with E-state index in [0.29, 0.717) is 5.92 Å². The van der Waals surface area contributed by atoms with Gasteiger partial charge in [0.2, 0.25) is 6.79 Å². The first-order chi connectivity index (χ1) is 7.63. The molecule has 6 nitrogen and oxygen atoms in total. The molecule has 1 aliphatic rings. The molecule has 0 spiro atoms. The van der Waals surface area contributed by atoms with Crippen LogP contribution in [0.1, 0.15) is 26.2 Å². The van der Waals surface area contributed by atoms with Gasteiger partial charge in [0.1, 0.15) is 6.10 Å². The standard InChI is InChI=1S/C10H16O6/c1-7-4-3-5-8(7)16-10(12)15-6-14-9(11)13-2/h7-8H,3-6H2,1-2H3. The smallest absolute Gasteiger partial charge is 0.438 e. The third-order valence-electron chi connectivity index (χ3n) is 2.55. The first kappa shape index (κ1) is 12.6. The molecule has 0 radical (unpaired) electrons. The normalized spacial score (nSPS) is 23.6. The predicted molar refractivity (Wildman–Crippen MR) is 52.7 cm³/mol. The molecule has 0 bridgehead atoms. The molecule has 0 aromatic heterocycles. The molecule has 1 saturated carbocycles. The summed E-state index contributed by atoms with van der Waals surface area (Å²) in [5.41, 5.74) is 0. The van der Waals surface area contributed by atoms with Crippen molar-refractivity contribution in [3.05, 3.63) is 0 Å². The minimum Gasteiger partial charge on any atom is -0.438 e. The highest BCUT2D eigenvalue weighted by molar-refractivity contribution is 5.61. The maximum Gasteiger partial charge on any atom is 0.511 e. The van der Waals surface area contributed by atoms with Gasteiger partial charge < -0.3 is 18.9 Å². The van der Waals surface area contributed by atoms with Gasteiger partial charge in [-0.25, -0.2) is 9.59 Å². The number of carbonyl (C=O) groups excluding carboxylic acids is 2. The molecule has 16 heavy (non-hydrogen) atoms. The minimum atomic E-state index is -0.901. The maximum atomic E-state index is 11.1. The first-order valence-corrected chi connectivity index (χ1v) is 5.17. The third kappa shape index (κ3) is 3.96. The largest absolute Gasteiger partial charge is 0.511 e. The van der Waals surface area contributed by atoms with Gasteiger partial charge in [-0.05, 0) is 25.2 Å². The molecule has 0 aromatic carbocycles. The molecule has 1 rings (SSSR count). The van der Waals surface area contributed by atoms with Crippen LogP contribution in [0.3, 0.4) is 0 Å². The Kier molecular flexibility index (Phi) is 4.88. The number of ether oxygens (including phenoxy) is 4. The van der Waals surface area contributed by atoms with Gasteiger partial charge in [0.15, 0.2) is 0 Å². The van der Waals surface area contributed by atoms with E-state index in [1.54, 1.807) is 0 Å². The zero-order valence-electron chi connectivity index (χ0n) is 9.43. The Labute approximate surface area is 93.8 Å². The fourth-order valence-electron chi connectivity index (χ4n) is 1.63. The third-order valence-corrected chi connectivity index (χ3v) is 2.55. The monoisotopic (exact) mass is 232 g/mol. The highest BCUT2D eigenvalue weighted by atomic mass is 16.8. The molecule has 0 aliphatic heterocycles. The summed E-state index contributed by atoms with van der Waals surface area (Å²) < 4.78 is 18.1. The quantitative estimate of drug-likeness (QED) is 0.548. The molecule has 1 aliphatic carbocycles. The van der Waals surface area contributed by atoms with Crippen LogP contribution >= 0.6 is 0 Å². The van der Waals surface area contributed by atoms with E-state index in [0.717, 1.165) is 19.3 Å². The first-order valence-electron chi connectivity index (χ1n) is 5.17. The Hall–Kier alpha value is -1.46. The fourth-order valence-corrected chi connectivity index (χ4v) is 1.63. The van der Waals surface area contributed by atoms with Crippen molar-refractivity contribution in [2.75, 3.05) is 13.9 Å². The van der Waals surface area contributed by atoms with E-state index in [1.165, 1.54) is 7.11 Å². The summed E-state index contributed by atoms with van der Waals surface area (Å²) in [6, 6.07) is 0. The lowest BCUT2D eigenvalue weighted by Crippen LogP contribution is -2.22. The van der Waals surface area contributed by atoms with Gasteiger partial charge in [-0.3, -0.25) is 0 Å². The molecule has 0 amide bonds. The summed E-state index contributed by atoms with van der Waals surface area (Å²) in [6.07, 6.45) is 1.15. The van der Waals surface area contributed by atoms with E-state index < -0.39 is 19.1 Å². The summed E-state index contributed by atoms with van der Waals surface area (Å²) in [7, 11) is 1.17. The maximum absolute atomic E-state index is 11.1. The molecule has 92 valence electrons. The second kappa shape index (κ2) is 6.19. The Morgan fingerprint density at radius 3 is 2.44 bits per heavy atom. The van der Waals surface area contributed by atoms with Crippen LogP contribution in [0, 0.1) is 5.92 Å². The van der Waals surface area contributed by atoms with E-state index in [-0.39, 0.29) is 6.10 Å². The lowest BCUT2D eigenvalue weighted by molar-refractivity contribution is -0.0480. The van der Waals surface area contributed by atoms with Crippen molar-refractivity contribution in [1.82, 2.24) is 0 Å². The molecule has 0 heterocycles. The van der Waals surface area contributed by atoms with Gasteiger partial charge in [0.05, 0.1) is 7.11 Å². The van der Waals surface area contributed by atoms with Gasteiger partial charge in [-0.15, -0.1) is 0 Å². The number of methoxy groups -OCH3 is 1. The SMILES string of the molecule is COC(=O)OCOC(=O)OC1CCCC1C. The number of hydrogen-bond donors (Lipinski definition) is 0. The van der Waals surface area contributed by atoms with Crippen molar-refractivity contribution >= 4 is 12.3 Å². The average molecular weight is 232 g/mol. The molecule has 0 N–H and O–H groups in total. The van der Waals surface area contributed by atoms with E-state index in [1.807, 2.05) is 6.92 Å². The second-order valence-corrected chi connectivity index (χ2v) is 3.68. The molecule has 0 aromatic rings. The molecule has 2 atom stereocenters. The van der Waals surface area contributed by atoms with Crippen molar-refractivity contribution in [1.29, 1.82) is 0 Å². The van der Waals surface area contributed by atoms with Gasteiger partial charge in [0.25, 0.3) is 0 Å². The topological polar surface area (TPSA) is 71.1 Å². The van der Waals surface area contributed by atoms with Gasteiger partial charge in [0, 0.05) is 0 Å². The van der Waals surface area contributed by atoms with E-state index >= 15 is 0 Å². The van der Waals surface area contributed by atoms with Crippen LogP contribution in [0.15, 0.2) is 0 Å². The molecule has 2 unspecified atom stereocenters. The summed E-state index contributed by atoms with van der Waals surface area (Å²) in [5.74, 6) is 0.356. The van der Waals surface area contributed by atoms with Crippen molar-refractivity contribution in [2.45, 2.75) is 32.3 Å². The van der Waals surface area contributed by atoms with E-state index in [2.05, 4.69) is 14.2 Å². The summed E-state index contributed by atoms with van der Waals surface area (Å²) in [5, 5.41) is 0. The van der Waals surface area contributed by atoms with Crippen molar-refractivity contribution < 1.29 is 28.5 Å². The van der Waals surface area contributed by atoms with Crippen LogP contribution in [-0.2, 0) is 18.9 Å². The summed E-state index contributed by atoms with van der Waals surface area (Å²) in [6.45, 7) is 1.53. The minimum absolute atomic E-state index is 0.0920. The number of rotatable bonds is 3. The Morgan fingerprint density at radius 2 is 1.88 bits per heavy atom. The van der Waals surface area contributed by atoms with E-state index in [9.17, 15) is 9.59 Å². The van der Waals surface area contributed by atoms with Crippen LogP contribution in [0.2, 0.25) is 0 Å². The van der Waals surface area contributed by atoms with Gasteiger partial charge in [-0.2, -0.15) is 0 Å². The van der Waals surface area contributed by atoms with Crippen molar-refractivity contribution in [3.8, 4) is 0 Å². The second-order valence-electron chi connectivity index (χ2n) is 3.68. The zero-order valence-corrected chi connectivity index (χ0v) is 9.43. The summed E-state index contributed by atoms with van der Waals surface area (Å²) >= 11 is 0. The molecular formula is C10H16O6. The van der Waals surface area contributed by atoms with Crippen LogP contribution in [-0.4, -0.2) is 32.3 Å². The highest BCUT2D eigenvalue weighted by Crippen LogP contribution is 2.27. The lowest BCUT2D eigenvalue weighted by atomic mass is 10.1. The van der Waals surface area contributed by atoms with Crippen LogP contribution in [0.5, 0.6) is 0 Å². The predicted octanol–water partition coefficient (Wildman–Crippen LogP) is 2.07. The van der Waals surface area contributed by atoms with Gasteiger partial charge in [-0.1, -0.05) is 6.92 Å². The highest BCUT2D eigenvalue weighted by Gasteiger charge is 2.27. The molecule has 6 heteroatoms. The Balaban J connectivity index is 2.13. The number of carbonyl (C=O) groups is 2. The molecule has 0 saturated heterocycles. The van der Waals surface area contributed by atoms with E-state index in [4.69, 9.17) is 4.74 Å². The lowest BCUT2D eigenvalue weighted by Gasteiger charge is -2.15. The van der Waals surface area contributed by atoms with Crippen LogP contribution < -0.4 is 0 Å². The average Bonchev–Trinajstić information content (AvgIpc) is 2.64. The molecular weight excluding hydrogens is 216 g/mol. The Morgan fingerprint density at radius 1 is 1.19 bits per heavy atom. The number of hydrogen-bond acceptors (Lipinski definition) is 6. The van der Waals surface area contributed by atoms with Crippen LogP contribution in [0.25, 0.3) is 0 Å². The van der Waals surface area contributed by atoms with Gasteiger partial charge >= 0.3 is 12.3 Å². The molecule has 1 fully saturated rings. The summed E-state index contributed by atoms with van der Waals surface area (Å²) in [4.78, 5) is 21.7.